The van der Waals surface area contributed by atoms with Crippen molar-refractivity contribution in [3.8, 4) is 11.3 Å². The van der Waals surface area contributed by atoms with Gasteiger partial charge in [-0.05, 0) is 74.2 Å². The maximum atomic E-state index is 12.8. The van der Waals surface area contributed by atoms with Gasteiger partial charge >= 0.3 is 0 Å². The van der Waals surface area contributed by atoms with Gasteiger partial charge in [0.25, 0.3) is 5.91 Å². The average molecular weight is 431 g/mol. The molecule has 4 rings (SSSR count). The maximum absolute atomic E-state index is 12.8. The maximum Gasteiger partial charge on any atom is 0.253 e. The SMILES string of the molecule is Cc1c(-c2ccc(N)cc2)nnc(N2CCC(N(C)C(=O)c3ccc(N)cc3)CC2)c1C. The van der Waals surface area contributed by atoms with Gasteiger partial charge in [-0.1, -0.05) is 12.1 Å². The Kier molecular flexibility index (Phi) is 5.99. The molecule has 1 aliphatic heterocycles. The van der Waals surface area contributed by atoms with E-state index in [1.165, 1.54) is 0 Å². The van der Waals surface area contributed by atoms with E-state index >= 15 is 0 Å². The second kappa shape index (κ2) is 8.86. The Labute approximate surface area is 189 Å². The minimum atomic E-state index is 0.0307. The first kappa shape index (κ1) is 21.6. The number of nitrogen functional groups attached to an aromatic ring is 2. The number of benzene rings is 2. The number of rotatable bonds is 4. The number of hydrogen-bond donors (Lipinski definition) is 2. The summed E-state index contributed by atoms with van der Waals surface area (Å²) in [6.45, 7) is 5.86. The van der Waals surface area contributed by atoms with E-state index in [0.29, 0.717) is 11.3 Å². The first-order chi connectivity index (χ1) is 15.3. The lowest BCUT2D eigenvalue weighted by Crippen LogP contribution is -2.46. The van der Waals surface area contributed by atoms with Crippen LogP contribution in [0.1, 0.15) is 34.3 Å². The standard InChI is InChI=1S/C25H30N6O/c1-16-17(2)24(29-28-23(16)18-4-8-20(26)9-5-18)31-14-12-22(13-15-31)30(3)25(32)19-6-10-21(27)11-7-19/h4-11,22H,12-15,26-27H2,1-3H3. The van der Waals surface area contributed by atoms with Gasteiger partial charge in [-0.15, -0.1) is 10.2 Å². The summed E-state index contributed by atoms with van der Waals surface area (Å²) in [4.78, 5) is 17.0. The van der Waals surface area contributed by atoms with Crippen LogP contribution in [0, 0.1) is 13.8 Å². The zero-order chi connectivity index (χ0) is 22.8. The number of hydrogen-bond acceptors (Lipinski definition) is 6. The van der Waals surface area contributed by atoms with Crippen LogP contribution in [0.3, 0.4) is 0 Å². The van der Waals surface area contributed by atoms with E-state index in [1.807, 2.05) is 36.2 Å². The zero-order valence-corrected chi connectivity index (χ0v) is 18.9. The number of nitrogens with two attached hydrogens (primary N) is 2. The fourth-order valence-corrected chi connectivity index (χ4v) is 4.27. The van der Waals surface area contributed by atoms with Crippen LogP contribution < -0.4 is 16.4 Å². The first-order valence-electron chi connectivity index (χ1n) is 10.9. The van der Waals surface area contributed by atoms with Crippen molar-refractivity contribution in [3.63, 3.8) is 0 Å². The molecule has 1 aliphatic rings. The molecule has 0 unspecified atom stereocenters. The number of carbonyl (C=O) groups excluding carboxylic acids is 1. The lowest BCUT2D eigenvalue weighted by atomic mass is 10.00. The monoisotopic (exact) mass is 430 g/mol. The molecule has 2 heterocycles. The highest BCUT2D eigenvalue weighted by molar-refractivity contribution is 5.94. The predicted octanol–water partition coefficient (Wildman–Crippen LogP) is 3.67. The third kappa shape index (κ3) is 4.23. The summed E-state index contributed by atoms with van der Waals surface area (Å²) in [7, 11) is 1.88. The Hall–Kier alpha value is -3.61. The Morgan fingerprint density at radius 2 is 1.47 bits per heavy atom. The van der Waals surface area contributed by atoms with Crippen molar-refractivity contribution in [1.82, 2.24) is 15.1 Å². The second-order valence-electron chi connectivity index (χ2n) is 8.50. The Balaban J connectivity index is 1.45. The van der Waals surface area contributed by atoms with Crippen molar-refractivity contribution in [2.75, 3.05) is 36.5 Å². The third-order valence-electron chi connectivity index (χ3n) is 6.47. The number of carbonyl (C=O) groups is 1. The predicted molar refractivity (Wildman–Crippen MR) is 130 cm³/mol. The summed E-state index contributed by atoms with van der Waals surface area (Å²) >= 11 is 0. The Morgan fingerprint density at radius 1 is 0.906 bits per heavy atom. The molecule has 0 bridgehead atoms. The van der Waals surface area contributed by atoms with E-state index in [9.17, 15) is 4.79 Å². The van der Waals surface area contributed by atoms with Crippen LogP contribution in [0.5, 0.6) is 0 Å². The molecule has 0 radical (unpaired) electrons. The quantitative estimate of drug-likeness (QED) is 0.613. The van der Waals surface area contributed by atoms with Gasteiger partial charge in [-0.2, -0.15) is 0 Å². The summed E-state index contributed by atoms with van der Waals surface area (Å²) in [5.74, 6) is 0.954. The molecule has 1 fully saturated rings. The van der Waals surface area contributed by atoms with E-state index in [2.05, 4.69) is 28.9 Å². The molecule has 1 saturated heterocycles. The van der Waals surface area contributed by atoms with Crippen molar-refractivity contribution in [2.45, 2.75) is 32.7 Å². The van der Waals surface area contributed by atoms with Crippen LogP contribution in [0.25, 0.3) is 11.3 Å². The molecule has 4 N–H and O–H groups in total. The van der Waals surface area contributed by atoms with Gasteiger partial charge in [0, 0.05) is 48.7 Å². The molecule has 166 valence electrons. The van der Waals surface area contributed by atoms with Gasteiger partial charge in [0.05, 0.1) is 5.69 Å². The molecule has 0 atom stereocenters. The van der Waals surface area contributed by atoms with Gasteiger partial charge in [-0.3, -0.25) is 4.79 Å². The molecule has 1 amide bonds. The van der Waals surface area contributed by atoms with E-state index in [0.717, 1.165) is 59.8 Å². The number of anilines is 3. The molecule has 2 aromatic carbocycles. The zero-order valence-electron chi connectivity index (χ0n) is 18.9. The molecular weight excluding hydrogens is 400 g/mol. The molecule has 1 aromatic heterocycles. The number of nitrogens with zero attached hydrogens (tertiary/aromatic N) is 4. The van der Waals surface area contributed by atoms with Gasteiger partial charge in [-0.25, -0.2) is 0 Å². The van der Waals surface area contributed by atoms with Crippen LogP contribution in [-0.4, -0.2) is 47.2 Å². The van der Waals surface area contributed by atoms with E-state index in [4.69, 9.17) is 11.5 Å². The molecule has 3 aromatic rings. The van der Waals surface area contributed by atoms with Crippen LogP contribution in [0.4, 0.5) is 17.2 Å². The third-order valence-corrected chi connectivity index (χ3v) is 6.47. The average Bonchev–Trinajstić information content (AvgIpc) is 2.81. The van der Waals surface area contributed by atoms with Gasteiger partial charge in [0.2, 0.25) is 0 Å². The second-order valence-corrected chi connectivity index (χ2v) is 8.50. The van der Waals surface area contributed by atoms with Crippen molar-refractivity contribution < 1.29 is 4.79 Å². The summed E-state index contributed by atoms with van der Waals surface area (Å²) in [6.07, 6.45) is 1.77. The fraction of sp³-hybridized carbons (Fsp3) is 0.320. The highest BCUT2D eigenvalue weighted by Gasteiger charge is 2.28. The van der Waals surface area contributed by atoms with Crippen molar-refractivity contribution in [3.05, 3.63) is 65.2 Å². The Bertz CT molecular complexity index is 1100. The fourth-order valence-electron chi connectivity index (χ4n) is 4.27. The minimum absolute atomic E-state index is 0.0307. The smallest absolute Gasteiger partial charge is 0.253 e. The van der Waals surface area contributed by atoms with Crippen LogP contribution in [0.2, 0.25) is 0 Å². The van der Waals surface area contributed by atoms with Crippen LogP contribution >= 0.6 is 0 Å². The molecule has 0 saturated carbocycles. The normalized spacial score (nSPS) is 14.4. The topological polar surface area (TPSA) is 101 Å². The highest BCUT2D eigenvalue weighted by atomic mass is 16.2. The molecule has 7 heteroatoms. The highest BCUT2D eigenvalue weighted by Crippen LogP contribution is 2.30. The van der Waals surface area contributed by atoms with Crippen LogP contribution in [0.15, 0.2) is 48.5 Å². The number of aromatic nitrogens is 2. The number of amides is 1. The molecule has 0 spiro atoms. The van der Waals surface area contributed by atoms with Crippen molar-refractivity contribution in [1.29, 1.82) is 0 Å². The molecule has 0 aliphatic carbocycles. The summed E-state index contributed by atoms with van der Waals surface area (Å²) in [5, 5.41) is 9.11. The first-order valence-corrected chi connectivity index (χ1v) is 10.9. The lowest BCUT2D eigenvalue weighted by molar-refractivity contribution is 0.0709. The van der Waals surface area contributed by atoms with Gasteiger partial charge in [0.1, 0.15) is 0 Å². The van der Waals surface area contributed by atoms with E-state index < -0.39 is 0 Å². The van der Waals surface area contributed by atoms with E-state index in [1.54, 1.807) is 24.3 Å². The van der Waals surface area contributed by atoms with Gasteiger partial charge in [0.15, 0.2) is 5.82 Å². The molecular formula is C25H30N6O. The lowest BCUT2D eigenvalue weighted by Gasteiger charge is -2.37. The summed E-state index contributed by atoms with van der Waals surface area (Å²) < 4.78 is 0. The molecule has 7 nitrogen and oxygen atoms in total. The van der Waals surface area contributed by atoms with Gasteiger partial charge < -0.3 is 21.3 Å². The summed E-state index contributed by atoms with van der Waals surface area (Å²) in [6, 6.07) is 15.0. The van der Waals surface area contributed by atoms with Crippen molar-refractivity contribution >= 4 is 23.1 Å². The molecule has 32 heavy (non-hydrogen) atoms. The largest absolute Gasteiger partial charge is 0.399 e. The van der Waals surface area contributed by atoms with Crippen molar-refractivity contribution in [2.24, 2.45) is 0 Å². The van der Waals surface area contributed by atoms with E-state index in [-0.39, 0.29) is 11.9 Å². The number of piperidine rings is 1. The minimum Gasteiger partial charge on any atom is -0.399 e. The van der Waals surface area contributed by atoms with Crippen LogP contribution in [-0.2, 0) is 0 Å². The Morgan fingerprint density at radius 3 is 2.06 bits per heavy atom. The summed E-state index contributed by atoms with van der Waals surface area (Å²) in [5.41, 5.74) is 17.8.